The molecule has 0 aromatic heterocycles. The summed E-state index contributed by atoms with van der Waals surface area (Å²) in [5, 5.41) is 5.78. The number of benzene rings is 2. The van der Waals surface area contributed by atoms with Gasteiger partial charge < -0.3 is 10.6 Å². The Morgan fingerprint density at radius 1 is 1.10 bits per heavy atom. The van der Waals surface area contributed by atoms with Crippen LogP contribution in [0.2, 0.25) is 0 Å². The Hall–Kier alpha value is -1.81. The van der Waals surface area contributed by atoms with E-state index in [2.05, 4.69) is 26.6 Å². The number of hydrogen-bond donors (Lipinski definition) is 2. The molecule has 0 aliphatic carbocycles. The molecule has 0 heterocycles. The zero-order valence-electron chi connectivity index (χ0n) is 11.3. The number of halogens is 1. The van der Waals surface area contributed by atoms with Gasteiger partial charge in [0.15, 0.2) is 0 Å². The van der Waals surface area contributed by atoms with E-state index in [4.69, 9.17) is 0 Å². The van der Waals surface area contributed by atoms with Gasteiger partial charge in [-0.2, -0.15) is 0 Å². The molecule has 0 saturated carbocycles. The van der Waals surface area contributed by atoms with E-state index in [9.17, 15) is 4.79 Å². The predicted octanol–water partition coefficient (Wildman–Crippen LogP) is 4.01. The highest BCUT2D eigenvalue weighted by molar-refractivity contribution is 9.10. The largest absolute Gasteiger partial charge is 0.334 e. The van der Waals surface area contributed by atoms with Crippen molar-refractivity contribution in [2.24, 2.45) is 0 Å². The van der Waals surface area contributed by atoms with Crippen LogP contribution in [-0.4, -0.2) is 6.03 Å². The van der Waals surface area contributed by atoms with Gasteiger partial charge in [-0.25, -0.2) is 4.79 Å². The van der Waals surface area contributed by atoms with Gasteiger partial charge in [-0.1, -0.05) is 64.5 Å². The van der Waals surface area contributed by atoms with E-state index < -0.39 is 0 Å². The second kappa shape index (κ2) is 7.10. The second-order valence-electron chi connectivity index (χ2n) is 4.56. The SMILES string of the molecule is C[C@@H](NC(=O)NCc1ccccc1)c1ccccc1Br. The van der Waals surface area contributed by atoms with Crippen molar-refractivity contribution < 1.29 is 4.79 Å². The van der Waals surface area contributed by atoms with Crippen molar-refractivity contribution in [2.45, 2.75) is 19.5 Å². The van der Waals surface area contributed by atoms with Crippen molar-refractivity contribution in [3.05, 3.63) is 70.2 Å². The fourth-order valence-corrected chi connectivity index (χ4v) is 2.56. The van der Waals surface area contributed by atoms with Gasteiger partial charge in [-0.15, -0.1) is 0 Å². The topological polar surface area (TPSA) is 41.1 Å². The first-order valence-corrected chi connectivity index (χ1v) is 7.29. The zero-order chi connectivity index (χ0) is 14.4. The van der Waals surface area contributed by atoms with Crippen LogP contribution in [-0.2, 0) is 6.54 Å². The highest BCUT2D eigenvalue weighted by Gasteiger charge is 2.11. The summed E-state index contributed by atoms with van der Waals surface area (Å²) in [6, 6.07) is 17.5. The third-order valence-electron chi connectivity index (χ3n) is 3.02. The van der Waals surface area contributed by atoms with Crippen molar-refractivity contribution in [1.29, 1.82) is 0 Å². The minimum absolute atomic E-state index is 0.0543. The Bertz CT molecular complexity index is 572. The third-order valence-corrected chi connectivity index (χ3v) is 3.74. The van der Waals surface area contributed by atoms with Gasteiger partial charge in [0.2, 0.25) is 0 Å². The smallest absolute Gasteiger partial charge is 0.315 e. The number of hydrogen-bond acceptors (Lipinski definition) is 1. The van der Waals surface area contributed by atoms with Crippen LogP contribution in [0.3, 0.4) is 0 Å². The molecule has 0 radical (unpaired) electrons. The van der Waals surface area contributed by atoms with E-state index >= 15 is 0 Å². The van der Waals surface area contributed by atoms with Crippen LogP contribution in [0, 0.1) is 0 Å². The molecule has 4 heteroatoms. The summed E-state index contributed by atoms with van der Waals surface area (Å²) in [6.45, 7) is 2.48. The van der Waals surface area contributed by atoms with Gasteiger partial charge in [-0.05, 0) is 24.1 Å². The summed E-state index contributed by atoms with van der Waals surface area (Å²) in [5.74, 6) is 0. The Kier molecular flexibility index (Phi) is 5.18. The number of rotatable bonds is 4. The molecule has 104 valence electrons. The maximum atomic E-state index is 11.9. The van der Waals surface area contributed by atoms with Crippen LogP contribution in [0.4, 0.5) is 4.79 Å². The number of nitrogens with one attached hydrogen (secondary N) is 2. The second-order valence-corrected chi connectivity index (χ2v) is 5.41. The van der Waals surface area contributed by atoms with E-state index in [0.717, 1.165) is 15.6 Å². The monoisotopic (exact) mass is 332 g/mol. The molecular formula is C16H17BrN2O. The van der Waals surface area contributed by atoms with E-state index in [1.165, 1.54) is 0 Å². The molecule has 3 nitrogen and oxygen atoms in total. The molecule has 0 unspecified atom stereocenters. The molecule has 2 amide bonds. The first-order chi connectivity index (χ1) is 9.66. The molecule has 0 saturated heterocycles. The molecule has 0 aliphatic rings. The summed E-state index contributed by atoms with van der Waals surface area (Å²) < 4.78 is 0.996. The molecule has 0 spiro atoms. The van der Waals surface area contributed by atoms with Crippen molar-refractivity contribution in [3.8, 4) is 0 Å². The highest BCUT2D eigenvalue weighted by atomic mass is 79.9. The normalized spacial score (nSPS) is 11.7. The van der Waals surface area contributed by atoms with Crippen LogP contribution in [0.25, 0.3) is 0 Å². The molecule has 2 N–H and O–H groups in total. The van der Waals surface area contributed by atoms with Crippen LogP contribution in [0.1, 0.15) is 24.1 Å². The molecule has 2 rings (SSSR count). The molecular weight excluding hydrogens is 316 g/mol. The minimum atomic E-state index is -0.169. The van der Waals surface area contributed by atoms with Crippen molar-refractivity contribution in [1.82, 2.24) is 10.6 Å². The number of amides is 2. The summed E-state index contributed by atoms with van der Waals surface area (Å²) >= 11 is 3.49. The third kappa shape index (κ3) is 4.10. The van der Waals surface area contributed by atoms with Crippen LogP contribution >= 0.6 is 15.9 Å². The summed E-state index contributed by atoms with van der Waals surface area (Å²) in [7, 11) is 0. The van der Waals surface area contributed by atoms with Gasteiger partial charge in [0.05, 0.1) is 6.04 Å². The fraction of sp³-hybridized carbons (Fsp3) is 0.188. The number of urea groups is 1. The van der Waals surface area contributed by atoms with Gasteiger partial charge >= 0.3 is 6.03 Å². The highest BCUT2D eigenvalue weighted by Crippen LogP contribution is 2.22. The molecule has 0 fully saturated rings. The number of carbonyl (C=O) groups excluding carboxylic acids is 1. The first-order valence-electron chi connectivity index (χ1n) is 6.49. The van der Waals surface area contributed by atoms with Crippen molar-refractivity contribution in [2.75, 3.05) is 0 Å². The molecule has 0 aliphatic heterocycles. The molecule has 2 aromatic rings. The first kappa shape index (κ1) is 14.6. The van der Waals surface area contributed by atoms with Crippen LogP contribution < -0.4 is 10.6 Å². The zero-order valence-corrected chi connectivity index (χ0v) is 12.9. The average molecular weight is 333 g/mol. The summed E-state index contributed by atoms with van der Waals surface area (Å²) in [4.78, 5) is 11.9. The lowest BCUT2D eigenvalue weighted by Crippen LogP contribution is -2.36. The molecule has 20 heavy (non-hydrogen) atoms. The lowest BCUT2D eigenvalue weighted by atomic mass is 10.1. The lowest BCUT2D eigenvalue weighted by Gasteiger charge is -2.16. The maximum absolute atomic E-state index is 11.9. The Balaban J connectivity index is 1.87. The Morgan fingerprint density at radius 3 is 2.45 bits per heavy atom. The fourth-order valence-electron chi connectivity index (χ4n) is 1.93. The average Bonchev–Trinajstić information content (AvgIpc) is 2.46. The van der Waals surface area contributed by atoms with Crippen molar-refractivity contribution >= 4 is 22.0 Å². The van der Waals surface area contributed by atoms with Gasteiger partial charge in [0.25, 0.3) is 0 Å². The van der Waals surface area contributed by atoms with Crippen molar-refractivity contribution in [3.63, 3.8) is 0 Å². The van der Waals surface area contributed by atoms with Crippen LogP contribution in [0.15, 0.2) is 59.1 Å². The number of carbonyl (C=O) groups is 1. The Morgan fingerprint density at radius 2 is 1.75 bits per heavy atom. The summed E-state index contributed by atoms with van der Waals surface area (Å²) in [6.07, 6.45) is 0. The van der Waals surface area contributed by atoms with E-state index in [-0.39, 0.29) is 12.1 Å². The maximum Gasteiger partial charge on any atom is 0.315 e. The van der Waals surface area contributed by atoms with Gasteiger partial charge in [0.1, 0.15) is 0 Å². The minimum Gasteiger partial charge on any atom is -0.334 e. The quantitative estimate of drug-likeness (QED) is 0.872. The standard InChI is InChI=1S/C16H17BrN2O/c1-12(14-9-5-6-10-15(14)17)19-16(20)18-11-13-7-3-2-4-8-13/h2-10,12H,11H2,1H3,(H2,18,19,20)/t12-/m1/s1. The molecule has 2 aromatic carbocycles. The molecule has 1 atom stereocenters. The summed E-state index contributed by atoms with van der Waals surface area (Å²) in [5.41, 5.74) is 2.14. The molecule has 0 bridgehead atoms. The van der Waals surface area contributed by atoms with Gasteiger partial charge in [0, 0.05) is 11.0 Å². The van der Waals surface area contributed by atoms with Crippen LogP contribution in [0.5, 0.6) is 0 Å². The van der Waals surface area contributed by atoms with E-state index in [1.807, 2.05) is 61.5 Å². The van der Waals surface area contributed by atoms with Gasteiger partial charge in [-0.3, -0.25) is 0 Å². The van der Waals surface area contributed by atoms with E-state index in [1.54, 1.807) is 0 Å². The Labute approximate surface area is 127 Å². The lowest BCUT2D eigenvalue weighted by molar-refractivity contribution is 0.237. The predicted molar refractivity (Wildman–Crippen MR) is 84.4 cm³/mol. The van der Waals surface area contributed by atoms with E-state index in [0.29, 0.717) is 6.54 Å².